The van der Waals surface area contributed by atoms with Crippen LogP contribution in [0.4, 0.5) is 0 Å². The first-order valence-corrected chi connectivity index (χ1v) is 7.29. The minimum absolute atomic E-state index is 0.0705. The van der Waals surface area contributed by atoms with Gasteiger partial charge in [0.05, 0.1) is 5.71 Å². The molecule has 0 radical (unpaired) electrons. The van der Waals surface area contributed by atoms with Crippen molar-refractivity contribution < 1.29 is 14.7 Å². The molecule has 6 nitrogen and oxygen atoms in total. The zero-order chi connectivity index (χ0) is 15.4. The van der Waals surface area contributed by atoms with E-state index in [1.54, 1.807) is 31.2 Å². The van der Waals surface area contributed by atoms with Crippen molar-refractivity contribution in [2.75, 3.05) is 0 Å². The molecule has 0 aliphatic carbocycles. The van der Waals surface area contributed by atoms with Crippen LogP contribution in [0.1, 0.15) is 18.9 Å². The normalized spacial score (nSPS) is 21.2. The molecule has 21 heavy (non-hydrogen) atoms. The van der Waals surface area contributed by atoms with E-state index in [-0.39, 0.29) is 17.5 Å². The fourth-order valence-electron chi connectivity index (χ4n) is 1.60. The second kappa shape index (κ2) is 6.73. The zero-order valence-electron chi connectivity index (χ0n) is 11.0. The summed E-state index contributed by atoms with van der Waals surface area (Å²) in [5.74, 6) is -1.42. The van der Waals surface area contributed by atoms with Gasteiger partial charge < -0.3 is 10.4 Å². The van der Waals surface area contributed by atoms with Crippen LogP contribution in [0.2, 0.25) is 5.02 Å². The highest BCUT2D eigenvalue weighted by Gasteiger charge is 2.29. The Morgan fingerprint density at radius 2 is 2.10 bits per heavy atom. The first kappa shape index (κ1) is 15.5. The van der Waals surface area contributed by atoms with Crippen LogP contribution in [0, 0.1) is 0 Å². The third-order valence-electron chi connectivity index (χ3n) is 2.70. The summed E-state index contributed by atoms with van der Waals surface area (Å²) in [6, 6.07) is 7.07. The van der Waals surface area contributed by atoms with Crippen molar-refractivity contribution in [1.82, 2.24) is 5.32 Å². The van der Waals surface area contributed by atoms with Gasteiger partial charge in [-0.15, -0.1) is 5.10 Å². The topological polar surface area (TPSA) is 91.1 Å². The maximum absolute atomic E-state index is 11.4. The number of hydrogen-bond acceptors (Lipinski definition) is 5. The second-order valence-corrected chi connectivity index (χ2v) is 5.92. The summed E-state index contributed by atoms with van der Waals surface area (Å²) in [6.07, 6.45) is -0.0705. The minimum Gasteiger partial charge on any atom is -0.480 e. The standard InChI is InChI=1S/C13H12ClN3O3S/c1-7(8-2-4-9(14)5-3-8)16-17-13-15-11(18)6-10(21-13)12(19)20/h2-5,10H,6H2,1H3,(H,19,20)(H,15,17,18)/b16-7+/t10-/m1/s1. The molecule has 0 bridgehead atoms. The average Bonchev–Trinajstić information content (AvgIpc) is 2.45. The van der Waals surface area contributed by atoms with E-state index in [1.165, 1.54) is 0 Å². The van der Waals surface area contributed by atoms with Crippen LogP contribution in [0.25, 0.3) is 0 Å². The number of thioether (sulfide) groups is 1. The van der Waals surface area contributed by atoms with Gasteiger partial charge in [-0.25, -0.2) is 0 Å². The molecule has 110 valence electrons. The van der Waals surface area contributed by atoms with E-state index >= 15 is 0 Å². The van der Waals surface area contributed by atoms with Crippen LogP contribution in [-0.4, -0.2) is 33.1 Å². The summed E-state index contributed by atoms with van der Waals surface area (Å²) in [4.78, 5) is 22.3. The van der Waals surface area contributed by atoms with Crippen LogP contribution in [0.15, 0.2) is 34.5 Å². The molecule has 8 heteroatoms. The molecular formula is C13H12ClN3O3S. The van der Waals surface area contributed by atoms with Gasteiger partial charge in [-0.05, 0) is 24.6 Å². The van der Waals surface area contributed by atoms with Gasteiger partial charge >= 0.3 is 5.97 Å². The number of benzene rings is 1. The molecule has 1 saturated heterocycles. The van der Waals surface area contributed by atoms with E-state index < -0.39 is 11.2 Å². The van der Waals surface area contributed by atoms with E-state index in [0.29, 0.717) is 10.7 Å². The van der Waals surface area contributed by atoms with Gasteiger partial charge in [0.15, 0.2) is 5.17 Å². The lowest BCUT2D eigenvalue weighted by atomic mass is 10.1. The highest BCUT2D eigenvalue weighted by molar-refractivity contribution is 8.15. The lowest BCUT2D eigenvalue weighted by Gasteiger charge is -2.18. The van der Waals surface area contributed by atoms with E-state index in [1.807, 2.05) is 0 Å². The summed E-state index contributed by atoms with van der Waals surface area (Å²) in [6.45, 7) is 1.76. The molecule has 0 saturated carbocycles. The Bertz CT molecular complexity index is 628. The van der Waals surface area contributed by atoms with Crippen LogP contribution < -0.4 is 5.32 Å². The summed E-state index contributed by atoms with van der Waals surface area (Å²) < 4.78 is 0. The first-order valence-electron chi connectivity index (χ1n) is 6.03. The predicted octanol–water partition coefficient (Wildman–Crippen LogP) is 2.13. The average molecular weight is 326 g/mol. The number of hydrogen-bond donors (Lipinski definition) is 2. The van der Waals surface area contributed by atoms with Gasteiger partial charge in [0, 0.05) is 11.4 Å². The number of carbonyl (C=O) groups is 2. The molecule has 1 aromatic rings. The maximum atomic E-state index is 11.4. The number of nitrogens with zero attached hydrogens (tertiary/aromatic N) is 2. The van der Waals surface area contributed by atoms with Crippen molar-refractivity contribution in [3.05, 3.63) is 34.9 Å². The maximum Gasteiger partial charge on any atom is 0.317 e. The third kappa shape index (κ3) is 4.30. The molecule has 1 fully saturated rings. The molecular weight excluding hydrogens is 314 g/mol. The van der Waals surface area contributed by atoms with Crippen molar-refractivity contribution >= 4 is 46.1 Å². The molecule has 1 aromatic carbocycles. The number of nitrogens with one attached hydrogen (secondary N) is 1. The highest BCUT2D eigenvalue weighted by Crippen LogP contribution is 2.20. The predicted molar refractivity (Wildman–Crippen MR) is 82.9 cm³/mol. The monoisotopic (exact) mass is 325 g/mol. The number of carboxylic acid groups (broad SMARTS) is 1. The van der Waals surface area contributed by atoms with Gasteiger partial charge in [0.25, 0.3) is 0 Å². The molecule has 0 spiro atoms. The number of amidine groups is 1. The molecule has 1 aliphatic heterocycles. The van der Waals surface area contributed by atoms with Crippen molar-refractivity contribution in [3.63, 3.8) is 0 Å². The second-order valence-electron chi connectivity index (χ2n) is 4.29. The number of carboxylic acids is 1. The third-order valence-corrected chi connectivity index (χ3v) is 4.01. The number of halogens is 1. The van der Waals surface area contributed by atoms with Gasteiger partial charge in [-0.1, -0.05) is 35.5 Å². The van der Waals surface area contributed by atoms with Crippen LogP contribution in [-0.2, 0) is 9.59 Å². The molecule has 1 aliphatic rings. The number of aliphatic carboxylic acids is 1. The highest BCUT2D eigenvalue weighted by atomic mass is 35.5. The van der Waals surface area contributed by atoms with E-state index in [4.69, 9.17) is 16.7 Å². The van der Waals surface area contributed by atoms with Gasteiger partial charge in [0.1, 0.15) is 5.25 Å². The molecule has 1 atom stereocenters. The van der Waals surface area contributed by atoms with Crippen LogP contribution >= 0.6 is 23.4 Å². The number of carbonyl (C=O) groups excluding carboxylic acids is 1. The smallest absolute Gasteiger partial charge is 0.317 e. The largest absolute Gasteiger partial charge is 0.480 e. The van der Waals surface area contributed by atoms with E-state index in [2.05, 4.69) is 15.5 Å². The molecule has 0 unspecified atom stereocenters. The van der Waals surface area contributed by atoms with Crippen LogP contribution in [0.3, 0.4) is 0 Å². The number of amides is 1. The fourth-order valence-corrected chi connectivity index (χ4v) is 2.59. The van der Waals surface area contributed by atoms with Crippen molar-refractivity contribution in [3.8, 4) is 0 Å². The van der Waals surface area contributed by atoms with Crippen molar-refractivity contribution in [1.29, 1.82) is 0 Å². The molecule has 1 amide bonds. The minimum atomic E-state index is -1.04. The summed E-state index contributed by atoms with van der Waals surface area (Å²) >= 11 is 6.78. The van der Waals surface area contributed by atoms with Crippen molar-refractivity contribution in [2.24, 2.45) is 10.2 Å². The number of rotatable bonds is 3. The summed E-state index contributed by atoms with van der Waals surface area (Å²) in [5.41, 5.74) is 1.47. The molecule has 2 rings (SSSR count). The van der Waals surface area contributed by atoms with Gasteiger partial charge in [0.2, 0.25) is 5.91 Å². The fraction of sp³-hybridized carbons (Fsp3) is 0.231. The van der Waals surface area contributed by atoms with Crippen LogP contribution in [0.5, 0.6) is 0 Å². The Balaban J connectivity index is 2.14. The molecule has 1 heterocycles. The Hall–Kier alpha value is -1.86. The first-order chi connectivity index (χ1) is 9.95. The lowest BCUT2D eigenvalue weighted by Crippen LogP contribution is -2.40. The molecule has 2 N–H and O–H groups in total. The lowest BCUT2D eigenvalue weighted by molar-refractivity contribution is -0.138. The van der Waals surface area contributed by atoms with E-state index in [0.717, 1.165) is 17.3 Å². The van der Waals surface area contributed by atoms with Gasteiger partial charge in [-0.3, -0.25) is 9.59 Å². The quantitative estimate of drug-likeness (QED) is 0.658. The Morgan fingerprint density at radius 3 is 2.71 bits per heavy atom. The molecule has 0 aromatic heterocycles. The summed E-state index contributed by atoms with van der Waals surface area (Å²) in [5, 5.41) is 19.3. The Labute approximate surface area is 130 Å². The Morgan fingerprint density at radius 1 is 1.43 bits per heavy atom. The summed E-state index contributed by atoms with van der Waals surface area (Å²) in [7, 11) is 0. The zero-order valence-corrected chi connectivity index (χ0v) is 12.6. The Kier molecular flexibility index (Phi) is 4.98. The van der Waals surface area contributed by atoms with Gasteiger partial charge in [-0.2, -0.15) is 5.10 Å². The SMILES string of the molecule is C/C(=N\N=C1/NC(=O)C[C@H](C(=O)O)S1)c1ccc(Cl)cc1. The van der Waals surface area contributed by atoms with E-state index in [9.17, 15) is 9.59 Å². The van der Waals surface area contributed by atoms with Crippen molar-refractivity contribution in [2.45, 2.75) is 18.6 Å².